The van der Waals surface area contributed by atoms with Gasteiger partial charge in [-0.15, -0.1) is 0 Å². The summed E-state index contributed by atoms with van der Waals surface area (Å²) in [6.07, 6.45) is 8.20. The number of nitrogens with zero attached hydrogens (tertiary/aromatic N) is 5. The third-order valence-electron chi connectivity index (χ3n) is 10.1. The first-order valence-corrected chi connectivity index (χ1v) is 15.4. The number of aromatic hydroxyl groups is 1. The van der Waals surface area contributed by atoms with Crippen molar-refractivity contribution in [3.63, 3.8) is 0 Å². The van der Waals surface area contributed by atoms with Gasteiger partial charge in [0.05, 0.1) is 28.5 Å². The Morgan fingerprint density at radius 1 is 1.02 bits per heavy atom. The minimum atomic E-state index is 0.150. The smallest absolute Gasteiger partial charge is 0.318 e. The van der Waals surface area contributed by atoms with Crippen LogP contribution in [0.15, 0.2) is 30.3 Å². The van der Waals surface area contributed by atoms with Crippen LogP contribution in [0, 0.1) is 0 Å². The van der Waals surface area contributed by atoms with Crippen LogP contribution in [0.1, 0.15) is 49.8 Å². The minimum absolute atomic E-state index is 0.150. The topological polar surface area (TPSA) is 77.0 Å². The highest BCUT2D eigenvalue weighted by Gasteiger charge is 2.45. The average Bonchev–Trinajstić information content (AvgIpc) is 3.64. The molecule has 5 aliphatic heterocycles. The lowest BCUT2D eigenvalue weighted by atomic mass is 9.95. The highest BCUT2D eigenvalue weighted by atomic mass is 35.5. The molecule has 0 spiro atoms. The molecule has 0 radical (unpaired) electrons. The van der Waals surface area contributed by atoms with Crippen LogP contribution in [0.4, 0.5) is 11.5 Å². The molecule has 2 bridgehead atoms. The van der Waals surface area contributed by atoms with Crippen molar-refractivity contribution in [1.82, 2.24) is 20.2 Å². The van der Waals surface area contributed by atoms with E-state index in [-0.39, 0.29) is 11.3 Å². The fraction of sp³-hybridized carbons (Fsp3) is 0.548. The summed E-state index contributed by atoms with van der Waals surface area (Å²) in [5.74, 6) is 1.31. The molecule has 3 aromatic rings. The van der Waals surface area contributed by atoms with E-state index in [1.807, 2.05) is 24.3 Å². The number of phenols is 1. The van der Waals surface area contributed by atoms with Gasteiger partial charge in [0.15, 0.2) is 0 Å². The summed E-state index contributed by atoms with van der Waals surface area (Å²) >= 11 is 6.70. The SMILES string of the molecule is Oc1cc(N2CCc3c(nc(OCC45CCCN4CCC5)nc3N3CC4CCC(C3)N4)C2)c2c(Cl)cccc2c1. The molecule has 5 aliphatic rings. The molecule has 4 fully saturated rings. The van der Waals surface area contributed by atoms with Crippen LogP contribution in [0.5, 0.6) is 11.8 Å². The Kier molecular flexibility index (Phi) is 6.01. The summed E-state index contributed by atoms with van der Waals surface area (Å²) in [7, 11) is 0. The van der Waals surface area contributed by atoms with Gasteiger partial charge in [-0.05, 0) is 75.6 Å². The molecule has 8 nitrogen and oxygen atoms in total. The van der Waals surface area contributed by atoms with Gasteiger partial charge in [0.2, 0.25) is 0 Å². The summed E-state index contributed by atoms with van der Waals surface area (Å²) < 4.78 is 6.53. The Hall–Kier alpha value is -2.81. The van der Waals surface area contributed by atoms with Gasteiger partial charge >= 0.3 is 6.01 Å². The van der Waals surface area contributed by atoms with E-state index in [2.05, 4.69) is 20.0 Å². The van der Waals surface area contributed by atoms with E-state index in [0.717, 1.165) is 54.0 Å². The monoisotopic (exact) mass is 560 g/mol. The van der Waals surface area contributed by atoms with E-state index >= 15 is 0 Å². The van der Waals surface area contributed by atoms with Crippen molar-refractivity contribution in [2.24, 2.45) is 0 Å². The highest BCUT2D eigenvalue weighted by Crippen LogP contribution is 2.41. The highest BCUT2D eigenvalue weighted by molar-refractivity contribution is 6.36. The Bertz CT molecular complexity index is 1440. The molecular weight excluding hydrogens is 524 g/mol. The lowest BCUT2D eigenvalue weighted by Gasteiger charge is -2.38. The molecule has 2 N–H and O–H groups in total. The second-order valence-corrected chi connectivity index (χ2v) is 12.9. The van der Waals surface area contributed by atoms with E-state index in [1.54, 1.807) is 6.07 Å². The Morgan fingerprint density at radius 2 is 1.82 bits per heavy atom. The van der Waals surface area contributed by atoms with Crippen molar-refractivity contribution in [3.05, 3.63) is 46.6 Å². The van der Waals surface area contributed by atoms with Crippen LogP contribution in [-0.4, -0.2) is 76.9 Å². The Balaban J connectivity index is 1.15. The first-order valence-electron chi connectivity index (χ1n) is 15.0. The van der Waals surface area contributed by atoms with Gasteiger partial charge in [-0.1, -0.05) is 23.7 Å². The maximum Gasteiger partial charge on any atom is 0.318 e. The summed E-state index contributed by atoms with van der Waals surface area (Å²) in [5.41, 5.74) is 3.35. The zero-order chi connectivity index (χ0) is 26.8. The zero-order valence-electron chi connectivity index (χ0n) is 22.9. The van der Waals surface area contributed by atoms with E-state index in [1.165, 1.54) is 57.2 Å². The number of halogens is 1. The van der Waals surface area contributed by atoms with E-state index in [4.69, 9.17) is 26.3 Å². The van der Waals surface area contributed by atoms with E-state index in [0.29, 0.717) is 36.3 Å². The van der Waals surface area contributed by atoms with Crippen molar-refractivity contribution < 1.29 is 9.84 Å². The van der Waals surface area contributed by atoms with Gasteiger partial charge in [-0.2, -0.15) is 9.97 Å². The number of ether oxygens (including phenoxy) is 1. The molecule has 1 aromatic heterocycles. The molecule has 210 valence electrons. The second kappa shape index (κ2) is 9.64. The predicted octanol–water partition coefficient (Wildman–Crippen LogP) is 4.50. The second-order valence-electron chi connectivity index (χ2n) is 12.5. The maximum absolute atomic E-state index is 10.6. The molecule has 2 atom stereocenters. The van der Waals surface area contributed by atoms with E-state index < -0.39 is 0 Å². The fourth-order valence-electron chi connectivity index (χ4n) is 8.14. The van der Waals surface area contributed by atoms with Crippen molar-refractivity contribution in [2.45, 2.75) is 69.1 Å². The molecule has 8 rings (SSSR count). The van der Waals surface area contributed by atoms with Crippen LogP contribution in [0.2, 0.25) is 5.02 Å². The normalized spacial score (nSPS) is 25.4. The number of anilines is 2. The molecule has 0 saturated carbocycles. The lowest BCUT2D eigenvalue weighted by Crippen LogP contribution is -2.52. The summed E-state index contributed by atoms with van der Waals surface area (Å²) in [4.78, 5) is 17.6. The number of phenolic OH excluding ortho intramolecular Hbond substituents is 1. The molecule has 9 heteroatoms. The molecular formula is C31H37ClN6O2. The number of fused-ring (bicyclic) bond motifs is 5. The predicted molar refractivity (Wildman–Crippen MR) is 158 cm³/mol. The van der Waals surface area contributed by atoms with Crippen LogP contribution in [0.25, 0.3) is 10.8 Å². The van der Waals surface area contributed by atoms with Crippen molar-refractivity contribution in [1.29, 1.82) is 0 Å². The maximum atomic E-state index is 10.6. The van der Waals surface area contributed by atoms with Crippen LogP contribution in [-0.2, 0) is 13.0 Å². The zero-order valence-corrected chi connectivity index (χ0v) is 23.7. The Labute approximate surface area is 240 Å². The molecule has 2 unspecified atom stereocenters. The van der Waals surface area contributed by atoms with Gasteiger partial charge in [0, 0.05) is 48.7 Å². The minimum Gasteiger partial charge on any atom is -0.508 e. The number of benzene rings is 2. The van der Waals surface area contributed by atoms with Crippen molar-refractivity contribution in [3.8, 4) is 11.8 Å². The molecule has 6 heterocycles. The van der Waals surface area contributed by atoms with E-state index in [9.17, 15) is 5.11 Å². The van der Waals surface area contributed by atoms with Crippen LogP contribution < -0.4 is 19.9 Å². The van der Waals surface area contributed by atoms with Crippen LogP contribution in [0.3, 0.4) is 0 Å². The summed E-state index contributed by atoms with van der Waals surface area (Å²) in [6, 6.07) is 11.0. The lowest BCUT2D eigenvalue weighted by molar-refractivity contribution is 0.107. The average molecular weight is 561 g/mol. The number of nitrogens with one attached hydrogen (secondary N) is 1. The number of aromatic nitrogens is 2. The molecule has 4 saturated heterocycles. The summed E-state index contributed by atoms with van der Waals surface area (Å²) in [5, 5.41) is 16.9. The third-order valence-corrected chi connectivity index (χ3v) is 10.4. The first-order chi connectivity index (χ1) is 19.5. The number of piperazine rings is 1. The molecule has 0 aliphatic carbocycles. The number of rotatable bonds is 5. The number of hydrogen-bond acceptors (Lipinski definition) is 8. The van der Waals surface area contributed by atoms with Gasteiger partial charge in [0.25, 0.3) is 0 Å². The standard InChI is InChI=1S/C31H37ClN6O2/c32-25-5-1-4-20-14-23(39)15-27(28(20)25)36-13-8-24-26(18-36)34-30(40-19-31-9-2-11-38(31)12-3-10-31)35-29(24)37-16-21-6-7-22(17-37)33-21/h1,4-5,14-15,21-22,33,39H,2-3,6-13,16-19H2. The van der Waals surface area contributed by atoms with Crippen molar-refractivity contribution in [2.75, 3.05) is 49.1 Å². The number of hydrogen-bond donors (Lipinski definition) is 2. The van der Waals surface area contributed by atoms with Gasteiger partial charge in [-0.25, -0.2) is 0 Å². The first kappa shape index (κ1) is 24.9. The van der Waals surface area contributed by atoms with Gasteiger partial charge < -0.3 is 25.0 Å². The van der Waals surface area contributed by atoms with Gasteiger partial charge in [0.1, 0.15) is 18.2 Å². The molecule has 40 heavy (non-hydrogen) atoms. The molecule has 2 aromatic carbocycles. The van der Waals surface area contributed by atoms with Crippen molar-refractivity contribution >= 4 is 33.9 Å². The quantitative estimate of drug-likeness (QED) is 0.472. The third kappa shape index (κ3) is 4.18. The summed E-state index contributed by atoms with van der Waals surface area (Å²) in [6.45, 7) is 6.42. The largest absolute Gasteiger partial charge is 0.508 e. The Morgan fingerprint density at radius 3 is 2.62 bits per heavy atom. The fourth-order valence-corrected chi connectivity index (χ4v) is 8.42. The molecule has 0 amide bonds. The van der Waals surface area contributed by atoms with Crippen LogP contribution >= 0.6 is 11.6 Å². The van der Waals surface area contributed by atoms with Gasteiger partial charge in [-0.3, -0.25) is 4.90 Å².